The first-order valence-electron chi connectivity index (χ1n) is 6.52. The predicted octanol–water partition coefficient (Wildman–Crippen LogP) is 2.52. The Morgan fingerprint density at radius 3 is 2.45 bits per heavy atom. The van der Waals surface area contributed by atoms with E-state index in [0.717, 1.165) is 16.9 Å². The van der Waals surface area contributed by atoms with Gasteiger partial charge in [-0.25, -0.2) is 0 Å². The fraction of sp³-hybridized carbons (Fsp3) is 0.188. The monoisotopic (exact) mass is 270 g/mol. The smallest absolute Gasteiger partial charge is 0.257 e. The molecule has 0 saturated heterocycles. The van der Waals surface area contributed by atoms with Crippen molar-refractivity contribution in [3.8, 4) is 0 Å². The Morgan fingerprint density at radius 1 is 1.10 bits per heavy atom. The summed E-state index contributed by atoms with van der Waals surface area (Å²) in [4.78, 5) is 12.2. The fourth-order valence-electron chi connectivity index (χ4n) is 1.98. The zero-order valence-corrected chi connectivity index (χ0v) is 11.4. The summed E-state index contributed by atoms with van der Waals surface area (Å²) in [6, 6.07) is 14.8. The Hall–Kier alpha value is -2.33. The lowest BCUT2D eigenvalue weighted by molar-refractivity contribution is 0.102. The van der Waals surface area contributed by atoms with Crippen LogP contribution in [0.4, 0.5) is 11.4 Å². The van der Waals surface area contributed by atoms with Gasteiger partial charge in [0, 0.05) is 25.0 Å². The number of aliphatic hydroxyl groups is 1. The number of carbonyl (C=O) groups is 1. The molecule has 0 unspecified atom stereocenters. The second-order valence-corrected chi connectivity index (χ2v) is 4.42. The van der Waals surface area contributed by atoms with E-state index in [1.807, 2.05) is 42.5 Å². The molecule has 2 aromatic carbocycles. The number of hydrogen-bond donors (Lipinski definition) is 3. The van der Waals surface area contributed by atoms with E-state index in [4.69, 9.17) is 5.11 Å². The molecule has 0 saturated carbocycles. The second-order valence-electron chi connectivity index (χ2n) is 4.42. The number of benzene rings is 2. The summed E-state index contributed by atoms with van der Waals surface area (Å²) < 4.78 is 0. The molecule has 0 spiro atoms. The van der Waals surface area contributed by atoms with Crippen LogP contribution in [-0.4, -0.2) is 24.7 Å². The number of anilines is 2. The highest BCUT2D eigenvalue weighted by atomic mass is 16.2. The highest BCUT2D eigenvalue weighted by molar-refractivity contribution is 6.08. The van der Waals surface area contributed by atoms with E-state index in [1.165, 1.54) is 0 Å². The van der Waals surface area contributed by atoms with Crippen molar-refractivity contribution in [1.82, 2.24) is 0 Å². The van der Waals surface area contributed by atoms with Gasteiger partial charge in [0.1, 0.15) is 0 Å². The van der Waals surface area contributed by atoms with Gasteiger partial charge in [-0.15, -0.1) is 0 Å². The van der Waals surface area contributed by atoms with E-state index in [2.05, 4.69) is 10.6 Å². The zero-order chi connectivity index (χ0) is 14.4. The molecule has 0 radical (unpaired) electrons. The van der Waals surface area contributed by atoms with Gasteiger partial charge in [-0.05, 0) is 36.2 Å². The van der Waals surface area contributed by atoms with Gasteiger partial charge >= 0.3 is 0 Å². The molecule has 0 aliphatic carbocycles. The summed E-state index contributed by atoms with van der Waals surface area (Å²) >= 11 is 0. The lowest BCUT2D eigenvalue weighted by Crippen LogP contribution is -2.13. The minimum atomic E-state index is -0.148. The highest BCUT2D eigenvalue weighted by Gasteiger charge is 2.09. The van der Waals surface area contributed by atoms with Crippen molar-refractivity contribution in [3.05, 3.63) is 59.7 Å². The van der Waals surface area contributed by atoms with Gasteiger partial charge in [0.25, 0.3) is 5.91 Å². The summed E-state index contributed by atoms with van der Waals surface area (Å²) in [6.07, 6.45) is 0.622. The van der Waals surface area contributed by atoms with Gasteiger partial charge in [0.05, 0.1) is 5.56 Å². The van der Waals surface area contributed by atoms with Crippen LogP contribution >= 0.6 is 0 Å². The van der Waals surface area contributed by atoms with E-state index in [0.29, 0.717) is 12.0 Å². The topological polar surface area (TPSA) is 61.4 Å². The van der Waals surface area contributed by atoms with Crippen LogP contribution < -0.4 is 10.6 Å². The molecule has 0 aliphatic heterocycles. The Labute approximate surface area is 118 Å². The summed E-state index contributed by atoms with van der Waals surface area (Å²) in [5.74, 6) is -0.148. The first kappa shape index (κ1) is 14.1. The Kier molecular flexibility index (Phi) is 4.74. The van der Waals surface area contributed by atoms with Crippen LogP contribution in [0, 0.1) is 0 Å². The van der Waals surface area contributed by atoms with Gasteiger partial charge in [-0.1, -0.05) is 24.3 Å². The van der Waals surface area contributed by atoms with Crippen molar-refractivity contribution >= 4 is 17.3 Å². The van der Waals surface area contributed by atoms with Gasteiger partial charge in [0.15, 0.2) is 0 Å². The predicted molar refractivity (Wildman–Crippen MR) is 81.2 cm³/mol. The molecular weight excluding hydrogens is 252 g/mol. The van der Waals surface area contributed by atoms with Gasteiger partial charge < -0.3 is 15.7 Å². The first-order chi connectivity index (χ1) is 9.74. The number of aliphatic hydroxyl groups excluding tert-OH is 1. The first-order valence-corrected chi connectivity index (χ1v) is 6.52. The number of nitrogens with one attached hydrogen (secondary N) is 2. The molecule has 0 atom stereocenters. The van der Waals surface area contributed by atoms with Crippen molar-refractivity contribution in [3.63, 3.8) is 0 Å². The lowest BCUT2D eigenvalue weighted by Gasteiger charge is -2.10. The molecule has 20 heavy (non-hydrogen) atoms. The number of rotatable bonds is 5. The average molecular weight is 270 g/mol. The third-order valence-electron chi connectivity index (χ3n) is 3.05. The van der Waals surface area contributed by atoms with Crippen molar-refractivity contribution in [1.29, 1.82) is 0 Å². The van der Waals surface area contributed by atoms with Crippen molar-refractivity contribution in [2.24, 2.45) is 0 Å². The maximum Gasteiger partial charge on any atom is 0.257 e. The summed E-state index contributed by atoms with van der Waals surface area (Å²) in [5, 5.41) is 14.7. The number of hydrogen-bond acceptors (Lipinski definition) is 3. The molecule has 104 valence electrons. The molecule has 0 bridgehead atoms. The molecule has 0 fully saturated rings. The van der Waals surface area contributed by atoms with Crippen LogP contribution in [-0.2, 0) is 6.42 Å². The van der Waals surface area contributed by atoms with E-state index < -0.39 is 0 Å². The summed E-state index contributed by atoms with van der Waals surface area (Å²) in [6.45, 7) is 0.126. The Balaban J connectivity index is 2.11. The van der Waals surface area contributed by atoms with E-state index in [1.54, 1.807) is 13.1 Å². The molecule has 0 aliphatic rings. The Bertz CT molecular complexity index is 579. The number of amides is 1. The van der Waals surface area contributed by atoms with Crippen molar-refractivity contribution in [2.45, 2.75) is 6.42 Å². The van der Waals surface area contributed by atoms with E-state index in [-0.39, 0.29) is 12.5 Å². The molecule has 0 aromatic heterocycles. The largest absolute Gasteiger partial charge is 0.396 e. The van der Waals surface area contributed by atoms with Crippen LogP contribution in [0.2, 0.25) is 0 Å². The fourth-order valence-corrected chi connectivity index (χ4v) is 1.98. The molecule has 3 N–H and O–H groups in total. The standard InChI is InChI=1S/C16H18N2O2/c1-17-15-5-3-2-4-14(15)16(20)18-13-8-6-12(7-9-13)10-11-19/h2-9,17,19H,10-11H2,1H3,(H,18,20). The molecule has 4 heteroatoms. The maximum absolute atomic E-state index is 12.2. The number of para-hydroxylation sites is 1. The van der Waals surface area contributed by atoms with Gasteiger partial charge in [-0.2, -0.15) is 0 Å². The minimum Gasteiger partial charge on any atom is -0.396 e. The summed E-state index contributed by atoms with van der Waals surface area (Å²) in [7, 11) is 1.79. The third kappa shape index (κ3) is 3.36. The third-order valence-corrected chi connectivity index (χ3v) is 3.05. The van der Waals surface area contributed by atoms with E-state index in [9.17, 15) is 4.79 Å². The van der Waals surface area contributed by atoms with Crippen LogP contribution in [0.5, 0.6) is 0 Å². The minimum absolute atomic E-state index is 0.126. The van der Waals surface area contributed by atoms with Crippen molar-refractivity contribution < 1.29 is 9.90 Å². The molecule has 2 rings (SSSR count). The summed E-state index contributed by atoms with van der Waals surface area (Å²) in [5.41, 5.74) is 3.18. The number of carbonyl (C=O) groups excluding carboxylic acids is 1. The quantitative estimate of drug-likeness (QED) is 0.782. The normalized spacial score (nSPS) is 10.1. The SMILES string of the molecule is CNc1ccccc1C(=O)Nc1ccc(CCO)cc1. The maximum atomic E-state index is 12.2. The van der Waals surface area contributed by atoms with Crippen LogP contribution in [0.3, 0.4) is 0 Å². The van der Waals surface area contributed by atoms with Crippen molar-refractivity contribution in [2.75, 3.05) is 24.3 Å². The highest BCUT2D eigenvalue weighted by Crippen LogP contribution is 2.17. The van der Waals surface area contributed by atoms with Gasteiger partial charge in [-0.3, -0.25) is 4.79 Å². The van der Waals surface area contributed by atoms with Crippen LogP contribution in [0.15, 0.2) is 48.5 Å². The second kappa shape index (κ2) is 6.73. The van der Waals surface area contributed by atoms with E-state index >= 15 is 0 Å². The molecule has 2 aromatic rings. The van der Waals surface area contributed by atoms with Gasteiger partial charge in [0.2, 0.25) is 0 Å². The molecule has 1 amide bonds. The molecule has 4 nitrogen and oxygen atoms in total. The van der Waals surface area contributed by atoms with Crippen LogP contribution in [0.1, 0.15) is 15.9 Å². The molecular formula is C16H18N2O2. The Morgan fingerprint density at radius 2 is 1.80 bits per heavy atom. The van der Waals surface area contributed by atoms with Crippen LogP contribution in [0.25, 0.3) is 0 Å². The zero-order valence-electron chi connectivity index (χ0n) is 11.4. The molecule has 0 heterocycles. The lowest BCUT2D eigenvalue weighted by atomic mass is 10.1. The average Bonchev–Trinajstić information content (AvgIpc) is 2.49.